The average molecular weight is 370 g/mol. The van der Waals surface area contributed by atoms with Crippen LogP contribution in [0.3, 0.4) is 0 Å². The van der Waals surface area contributed by atoms with Gasteiger partial charge in [0.1, 0.15) is 12.4 Å². The maximum absolute atomic E-state index is 12.1. The van der Waals surface area contributed by atoms with Gasteiger partial charge < -0.3 is 19.3 Å². The minimum absolute atomic E-state index is 0.146. The zero-order valence-electron chi connectivity index (χ0n) is 15.2. The molecule has 3 N–H and O–H groups in total. The summed E-state index contributed by atoms with van der Waals surface area (Å²) in [5, 5.41) is 10.1. The molecule has 1 unspecified atom stereocenters. The first-order chi connectivity index (χ1) is 13.1. The fourth-order valence-corrected chi connectivity index (χ4v) is 2.30. The molecule has 142 valence electrons. The van der Waals surface area contributed by atoms with Crippen molar-refractivity contribution in [2.75, 3.05) is 20.8 Å². The van der Waals surface area contributed by atoms with Crippen molar-refractivity contribution in [2.45, 2.75) is 12.6 Å². The Morgan fingerprint density at radius 3 is 2.52 bits per heavy atom. The van der Waals surface area contributed by atoms with Crippen molar-refractivity contribution < 1.29 is 24.1 Å². The summed E-state index contributed by atoms with van der Waals surface area (Å²) in [7, 11) is 3.08. The Bertz CT molecular complexity index is 799. The summed E-state index contributed by atoms with van der Waals surface area (Å²) < 4.78 is 15.7. The molecule has 0 fully saturated rings. The highest BCUT2D eigenvalue weighted by Crippen LogP contribution is 2.27. The molecule has 7 heteroatoms. The molecule has 0 heterocycles. The van der Waals surface area contributed by atoms with Crippen LogP contribution in [-0.2, 0) is 11.3 Å². The van der Waals surface area contributed by atoms with E-state index in [1.165, 1.54) is 7.11 Å². The standard InChI is InChI=1S/C20H22N2O5/c1-4-11-27-17-10-5-14(12-18(17)26-3)13-21-22-20(24)19(23)15-6-8-16(25-2)9-7-15/h1,5-10,12,19,21,23H,11,13H2,2-3H3,(H,22,24). The van der Waals surface area contributed by atoms with E-state index in [1.54, 1.807) is 43.5 Å². The molecule has 2 aromatic rings. The molecular formula is C20H22N2O5. The molecule has 0 aliphatic rings. The molecule has 1 amide bonds. The lowest BCUT2D eigenvalue weighted by Gasteiger charge is -2.14. The van der Waals surface area contributed by atoms with Crippen molar-refractivity contribution in [3.8, 4) is 29.6 Å². The van der Waals surface area contributed by atoms with E-state index in [0.717, 1.165) is 5.56 Å². The zero-order valence-corrected chi connectivity index (χ0v) is 15.2. The van der Waals surface area contributed by atoms with Gasteiger partial charge >= 0.3 is 0 Å². The molecule has 0 aliphatic carbocycles. The lowest BCUT2D eigenvalue weighted by atomic mass is 10.1. The van der Waals surface area contributed by atoms with Gasteiger partial charge in [-0.3, -0.25) is 10.2 Å². The number of hydrogen-bond acceptors (Lipinski definition) is 6. The first-order valence-electron chi connectivity index (χ1n) is 8.17. The number of aliphatic hydroxyl groups excluding tert-OH is 1. The van der Waals surface area contributed by atoms with Gasteiger partial charge in [-0.25, -0.2) is 5.43 Å². The molecule has 0 aromatic heterocycles. The molecule has 2 rings (SSSR count). The molecule has 27 heavy (non-hydrogen) atoms. The number of amides is 1. The van der Waals surface area contributed by atoms with Crippen LogP contribution >= 0.6 is 0 Å². The number of rotatable bonds is 9. The van der Waals surface area contributed by atoms with Crippen molar-refractivity contribution in [1.82, 2.24) is 10.9 Å². The van der Waals surface area contributed by atoms with Crippen LogP contribution in [0.25, 0.3) is 0 Å². The monoisotopic (exact) mass is 370 g/mol. The van der Waals surface area contributed by atoms with E-state index in [2.05, 4.69) is 16.8 Å². The lowest BCUT2D eigenvalue weighted by molar-refractivity contribution is -0.130. The maximum Gasteiger partial charge on any atom is 0.267 e. The van der Waals surface area contributed by atoms with E-state index in [9.17, 15) is 9.90 Å². The number of ether oxygens (including phenoxy) is 3. The van der Waals surface area contributed by atoms with Crippen molar-refractivity contribution in [3.63, 3.8) is 0 Å². The second-order valence-corrected chi connectivity index (χ2v) is 5.50. The van der Waals surface area contributed by atoms with Crippen LogP contribution in [0.4, 0.5) is 0 Å². The lowest BCUT2D eigenvalue weighted by Crippen LogP contribution is -2.39. The average Bonchev–Trinajstić information content (AvgIpc) is 2.72. The van der Waals surface area contributed by atoms with Gasteiger partial charge in [-0.2, -0.15) is 0 Å². The normalized spacial score (nSPS) is 11.2. The zero-order chi connectivity index (χ0) is 19.6. The fourth-order valence-electron chi connectivity index (χ4n) is 2.30. The molecule has 0 saturated heterocycles. The van der Waals surface area contributed by atoms with Gasteiger partial charge in [-0.1, -0.05) is 24.1 Å². The number of nitrogens with one attached hydrogen (secondary N) is 2. The Morgan fingerprint density at radius 1 is 1.15 bits per heavy atom. The Labute approximate surface area is 158 Å². The maximum atomic E-state index is 12.1. The van der Waals surface area contributed by atoms with Gasteiger partial charge in [0.2, 0.25) is 0 Å². The Balaban J connectivity index is 1.89. The van der Waals surface area contributed by atoms with E-state index >= 15 is 0 Å². The summed E-state index contributed by atoms with van der Waals surface area (Å²) in [6, 6.07) is 11.9. The van der Waals surface area contributed by atoms with Gasteiger partial charge in [-0.05, 0) is 35.4 Å². The smallest absolute Gasteiger partial charge is 0.267 e. The number of carbonyl (C=O) groups excluding carboxylic acids is 1. The summed E-state index contributed by atoms with van der Waals surface area (Å²) in [5.41, 5.74) is 6.56. The second-order valence-electron chi connectivity index (χ2n) is 5.50. The van der Waals surface area contributed by atoms with Gasteiger partial charge in [0.05, 0.1) is 14.2 Å². The Morgan fingerprint density at radius 2 is 1.89 bits per heavy atom. The van der Waals surface area contributed by atoms with Gasteiger partial charge in [0.25, 0.3) is 5.91 Å². The molecule has 2 aromatic carbocycles. The third-order valence-electron chi connectivity index (χ3n) is 3.72. The highest BCUT2D eigenvalue weighted by molar-refractivity contribution is 5.81. The first kappa shape index (κ1) is 20.1. The van der Waals surface area contributed by atoms with Crippen LogP contribution in [-0.4, -0.2) is 31.8 Å². The summed E-state index contributed by atoms with van der Waals surface area (Å²) in [5.74, 6) is 3.55. The number of terminal acetylenes is 1. The van der Waals surface area contributed by atoms with Crippen LogP contribution in [0.5, 0.6) is 17.2 Å². The molecule has 1 atom stereocenters. The second kappa shape index (κ2) is 10.1. The summed E-state index contributed by atoms with van der Waals surface area (Å²) >= 11 is 0. The van der Waals surface area contributed by atoms with Crippen molar-refractivity contribution in [2.24, 2.45) is 0 Å². The van der Waals surface area contributed by atoms with E-state index in [0.29, 0.717) is 29.4 Å². The van der Waals surface area contributed by atoms with Crippen molar-refractivity contribution in [3.05, 3.63) is 53.6 Å². The van der Waals surface area contributed by atoms with Gasteiger partial charge in [0, 0.05) is 6.54 Å². The third-order valence-corrected chi connectivity index (χ3v) is 3.72. The van der Waals surface area contributed by atoms with Crippen LogP contribution < -0.4 is 25.1 Å². The van der Waals surface area contributed by atoms with E-state index in [1.807, 2.05) is 6.07 Å². The van der Waals surface area contributed by atoms with E-state index in [-0.39, 0.29) is 6.61 Å². The summed E-state index contributed by atoms with van der Waals surface area (Å²) in [4.78, 5) is 12.1. The summed E-state index contributed by atoms with van der Waals surface area (Å²) in [6.45, 7) is 0.472. The van der Waals surface area contributed by atoms with Gasteiger partial charge in [0.15, 0.2) is 17.6 Å². The number of methoxy groups -OCH3 is 2. The highest BCUT2D eigenvalue weighted by Gasteiger charge is 2.17. The molecule has 0 saturated carbocycles. The predicted molar refractivity (Wildman–Crippen MR) is 100 cm³/mol. The minimum atomic E-state index is -1.29. The van der Waals surface area contributed by atoms with E-state index < -0.39 is 12.0 Å². The molecule has 7 nitrogen and oxygen atoms in total. The Kier molecular flexibility index (Phi) is 7.49. The van der Waals surface area contributed by atoms with Gasteiger partial charge in [-0.15, -0.1) is 6.42 Å². The number of hydrazine groups is 1. The quantitative estimate of drug-likeness (QED) is 0.459. The third kappa shape index (κ3) is 5.64. The van der Waals surface area contributed by atoms with Crippen molar-refractivity contribution in [1.29, 1.82) is 0 Å². The fraction of sp³-hybridized carbons (Fsp3) is 0.250. The van der Waals surface area contributed by atoms with Crippen LogP contribution in [0.1, 0.15) is 17.2 Å². The number of benzene rings is 2. The molecular weight excluding hydrogens is 348 g/mol. The minimum Gasteiger partial charge on any atom is -0.497 e. The Hall–Kier alpha value is -3.21. The summed E-state index contributed by atoms with van der Waals surface area (Å²) in [6.07, 6.45) is 3.89. The highest BCUT2D eigenvalue weighted by atomic mass is 16.5. The predicted octanol–water partition coefficient (Wildman–Crippen LogP) is 1.57. The number of aliphatic hydroxyl groups is 1. The van der Waals surface area contributed by atoms with Crippen LogP contribution in [0, 0.1) is 12.3 Å². The molecule has 0 spiro atoms. The SMILES string of the molecule is C#CCOc1ccc(CNNC(=O)C(O)c2ccc(OC)cc2)cc1OC. The molecule has 0 bridgehead atoms. The van der Waals surface area contributed by atoms with E-state index in [4.69, 9.17) is 20.6 Å². The molecule has 0 radical (unpaired) electrons. The number of hydrogen-bond donors (Lipinski definition) is 3. The van der Waals surface area contributed by atoms with Crippen molar-refractivity contribution >= 4 is 5.91 Å². The number of carbonyl (C=O) groups is 1. The van der Waals surface area contributed by atoms with Crippen LogP contribution in [0.2, 0.25) is 0 Å². The molecule has 0 aliphatic heterocycles. The topological polar surface area (TPSA) is 89.1 Å². The largest absolute Gasteiger partial charge is 0.497 e. The van der Waals surface area contributed by atoms with Crippen LogP contribution in [0.15, 0.2) is 42.5 Å². The first-order valence-corrected chi connectivity index (χ1v) is 8.17.